The molecule has 2 aromatic carbocycles. The Kier molecular flexibility index (Phi) is 7.45. The molecule has 5 rings (SSSR count). The molecule has 0 bridgehead atoms. The first kappa shape index (κ1) is 25.2. The smallest absolute Gasteiger partial charge is 0.204 e. The summed E-state index contributed by atoms with van der Waals surface area (Å²) in [6, 6.07) is 20.5. The van der Waals surface area contributed by atoms with Crippen molar-refractivity contribution in [3.05, 3.63) is 83.3 Å². The summed E-state index contributed by atoms with van der Waals surface area (Å²) in [5, 5.41) is 21.3. The van der Waals surface area contributed by atoms with Gasteiger partial charge in [0, 0.05) is 25.9 Å². The predicted molar refractivity (Wildman–Crippen MR) is 139 cm³/mol. The topological polar surface area (TPSA) is 155 Å². The average molecular weight is 505 g/mol. The summed E-state index contributed by atoms with van der Waals surface area (Å²) in [4.78, 5) is 14.2. The Bertz CT molecular complexity index is 1290. The fourth-order valence-corrected chi connectivity index (χ4v) is 4.97. The Labute approximate surface area is 214 Å². The summed E-state index contributed by atoms with van der Waals surface area (Å²) < 4.78 is 12.6. The van der Waals surface area contributed by atoms with Crippen molar-refractivity contribution in [2.24, 2.45) is 5.73 Å². The summed E-state index contributed by atoms with van der Waals surface area (Å²) in [6.45, 7) is 0.488. The number of aliphatic hydroxyl groups excluding tert-OH is 2. The molecule has 1 aliphatic rings. The van der Waals surface area contributed by atoms with Gasteiger partial charge in [0.05, 0.1) is 12.3 Å². The fraction of sp³-hybridized carbons (Fsp3) is 0.370. The second kappa shape index (κ2) is 10.9. The zero-order chi connectivity index (χ0) is 25.9. The van der Waals surface area contributed by atoms with Crippen molar-refractivity contribution in [3.63, 3.8) is 0 Å². The molecule has 0 radical (unpaired) electrons. The number of imidazole rings is 1. The van der Waals surface area contributed by atoms with Gasteiger partial charge in [0.1, 0.15) is 29.7 Å². The van der Waals surface area contributed by atoms with E-state index in [1.807, 2.05) is 36.4 Å². The third kappa shape index (κ3) is 4.94. The van der Waals surface area contributed by atoms with E-state index in [0.29, 0.717) is 36.4 Å². The van der Waals surface area contributed by atoms with Crippen LogP contribution in [-0.2, 0) is 22.3 Å². The van der Waals surface area contributed by atoms with Crippen LogP contribution in [0.3, 0.4) is 0 Å². The van der Waals surface area contributed by atoms with E-state index in [2.05, 4.69) is 29.2 Å². The van der Waals surface area contributed by atoms with E-state index in [9.17, 15) is 10.2 Å². The van der Waals surface area contributed by atoms with Crippen molar-refractivity contribution >= 4 is 17.1 Å². The van der Waals surface area contributed by atoms with E-state index in [-0.39, 0.29) is 18.5 Å². The molecule has 10 nitrogen and oxygen atoms in total. The van der Waals surface area contributed by atoms with Gasteiger partial charge in [0.25, 0.3) is 0 Å². The number of rotatable bonds is 9. The second-order valence-electron chi connectivity index (χ2n) is 9.22. The summed E-state index contributed by atoms with van der Waals surface area (Å²) in [6.07, 6.45) is -3.08. The van der Waals surface area contributed by atoms with Gasteiger partial charge < -0.3 is 31.2 Å². The van der Waals surface area contributed by atoms with E-state index in [4.69, 9.17) is 30.9 Å². The summed E-state index contributed by atoms with van der Waals surface area (Å²) in [7, 11) is 1.51. The highest BCUT2D eigenvalue weighted by atomic mass is 16.6. The minimum atomic E-state index is -1.24. The third-order valence-corrected chi connectivity index (χ3v) is 6.78. The zero-order valence-electron chi connectivity index (χ0n) is 20.6. The van der Waals surface area contributed by atoms with Crippen LogP contribution in [0, 0.1) is 0 Å². The van der Waals surface area contributed by atoms with Crippen molar-refractivity contribution in [2.75, 3.05) is 26.0 Å². The second-order valence-corrected chi connectivity index (χ2v) is 9.22. The standard InChI is InChI=1S/C27H32N6O4/c1-36-15-20-23(34)24(35)26(37-20)33-25-22(32-27(33)29)19(30-21(31-25)12-13-28)14-18(16-8-4-2-5-9-16)17-10-6-3-7-11-17/h2-11,18,20,23-24,26,34-35H,12-15,28H2,1H3,(H2,29,32)/t20-,23-,24-,26-/m1/s1. The molecule has 4 atom stereocenters. The lowest BCUT2D eigenvalue weighted by Crippen LogP contribution is -2.33. The van der Waals surface area contributed by atoms with Crippen molar-refractivity contribution in [1.29, 1.82) is 0 Å². The normalized spacial score (nSPS) is 21.8. The molecule has 1 aliphatic heterocycles. The van der Waals surface area contributed by atoms with Crippen molar-refractivity contribution in [3.8, 4) is 0 Å². The van der Waals surface area contributed by atoms with Crippen molar-refractivity contribution in [2.45, 2.75) is 43.3 Å². The fourth-order valence-electron chi connectivity index (χ4n) is 4.97. The van der Waals surface area contributed by atoms with E-state index in [0.717, 1.165) is 16.8 Å². The molecule has 2 aromatic heterocycles. The number of nitrogens with two attached hydrogens (primary N) is 2. The predicted octanol–water partition coefficient (Wildman–Crippen LogP) is 1.55. The van der Waals surface area contributed by atoms with Crippen LogP contribution in [0.2, 0.25) is 0 Å². The van der Waals surface area contributed by atoms with Gasteiger partial charge in [-0.1, -0.05) is 60.7 Å². The maximum Gasteiger partial charge on any atom is 0.204 e. The Hall–Kier alpha value is -3.41. The molecular weight excluding hydrogens is 472 g/mol. The molecule has 6 N–H and O–H groups in total. The Morgan fingerprint density at radius 1 is 0.973 bits per heavy atom. The number of hydrogen-bond acceptors (Lipinski definition) is 9. The molecule has 194 valence electrons. The minimum absolute atomic E-state index is 0.0128. The van der Waals surface area contributed by atoms with Crippen LogP contribution in [0.25, 0.3) is 11.2 Å². The number of benzene rings is 2. The highest BCUT2D eigenvalue weighted by Gasteiger charge is 2.45. The van der Waals surface area contributed by atoms with Crippen LogP contribution in [0.4, 0.5) is 5.95 Å². The highest BCUT2D eigenvalue weighted by Crippen LogP contribution is 2.36. The number of aliphatic hydroxyl groups is 2. The van der Waals surface area contributed by atoms with Gasteiger partial charge in [-0.2, -0.15) is 0 Å². The molecule has 37 heavy (non-hydrogen) atoms. The SMILES string of the molecule is COC[C@H]1O[C@@H](n2c(N)nc3c(CC(c4ccccc4)c4ccccc4)nc(CCN)nc32)[C@H](O)[C@@H]1O. The molecule has 0 spiro atoms. The van der Waals surface area contributed by atoms with Crippen LogP contribution in [0.1, 0.15) is 34.8 Å². The van der Waals surface area contributed by atoms with E-state index < -0.39 is 24.5 Å². The molecule has 0 unspecified atom stereocenters. The Balaban J connectivity index is 1.62. The first-order valence-corrected chi connectivity index (χ1v) is 12.4. The summed E-state index contributed by atoms with van der Waals surface area (Å²) in [5.41, 5.74) is 16.2. The molecule has 1 saturated heterocycles. The number of aromatic nitrogens is 4. The maximum atomic E-state index is 10.8. The average Bonchev–Trinajstić information content (AvgIpc) is 3.39. The van der Waals surface area contributed by atoms with Gasteiger partial charge >= 0.3 is 0 Å². The van der Waals surface area contributed by atoms with Crippen molar-refractivity contribution in [1.82, 2.24) is 19.5 Å². The molecule has 3 heterocycles. The first-order chi connectivity index (χ1) is 18.0. The lowest BCUT2D eigenvalue weighted by atomic mass is 9.87. The number of methoxy groups -OCH3 is 1. The van der Waals surface area contributed by atoms with E-state index in [1.54, 1.807) is 0 Å². The Morgan fingerprint density at radius 3 is 2.22 bits per heavy atom. The molecule has 0 amide bonds. The lowest BCUT2D eigenvalue weighted by molar-refractivity contribution is -0.0571. The molecular formula is C27H32N6O4. The van der Waals surface area contributed by atoms with Gasteiger partial charge in [0.15, 0.2) is 11.9 Å². The molecule has 1 fully saturated rings. The van der Waals surface area contributed by atoms with Gasteiger partial charge in [-0.3, -0.25) is 4.57 Å². The first-order valence-electron chi connectivity index (χ1n) is 12.4. The highest BCUT2D eigenvalue weighted by molar-refractivity contribution is 5.77. The zero-order valence-corrected chi connectivity index (χ0v) is 20.6. The quantitative estimate of drug-likeness (QED) is 0.266. The monoisotopic (exact) mass is 504 g/mol. The number of fused-ring (bicyclic) bond motifs is 1. The van der Waals surface area contributed by atoms with E-state index >= 15 is 0 Å². The van der Waals surface area contributed by atoms with Crippen LogP contribution in [-0.4, -0.2) is 68.3 Å². The van der Waals surface area contributed by atoms with Gasteiger partial charge in [-0.05, 0) is 17.7 Å². The number of nitrogen functional groups attached to an aromatic ring is 1. The summed E-state index contributed by atoms with van der Waals surface area (Å²) >= 11 is 0. The molecule has 0 aliphatic carbocycles. The van der Waals surface area contributed by atoms with Crippen molar-refractivity contribution < 1.29 is 19.7 Å². The minimum Gasteiger partial charge on any atom is -0.387 e. The van der Waals surface area contributed by atoms with Crippen LogP contribution in [0.5, 0.6) is 0 Å². The third-order valence-electron chi connectivity index (χ3n) is 6.78. The summed E-state index contributed by atoms with van der Waals surface area (Å²) in [5.74, 6) is 0.673. The van der Waals surface area contributed by atoms with Gasteiger partial charge in [-0.25, -0.2) is 15.0 Å². The lowest BCUT2D eigenvalue weighted by Gasteiger charge is -2.20. The number of hydrogen-bond donors (Lipinski definition) is 4. The van der Waals surface area contributed by atoms with Gasteiger partial charge in [0.2, 0.25) is 5.95 Å². The molecule has 4 aromatic rings. The maximum absolute atomic E-state index is 10.8. The van der Waals surface area contributed by atoms with Crippen LogP contribution in [0.15, 0.2) is 60.7 Å². The Morgan fingerprint density at radius 2 is 1.62 bits per heavy atom. The number of anilines is 1. The number of nitrogens with zero attached hydrogens (tertiary/aromatic N) is 4. The molecule has 10 heteroatoms. The van der Waals surface area contributed by atoms with Gasteiger partial charge in [-0.15, -0.1) is 0 Å². The molecule has 0 saturated carbocycles. The van der Waals surface area contributed by atoms with E-state index in [1.165, 1.54) is 11.7 Å². The number of ether oxygens (including phenoxy) is 2. The van der Waals surface area contributed by atoms with Crippen LogP contribution < -0.4 is 11.5 Å². The van der Waals surface area contributed by atoms with Crippen LogP contribution >= 0.6 is 0 Å². The largest absolute Gasteiger partial charge is 0.387 e.